The maximum Gasteiger partial charge on any atom is 0.260 e. The summed E-state index contributed by atoms with van der Waals surface area (Å²) in [6.07, 6.45) is 1.76. The predicted molar refractivity (Wildman–Crippen MR) is 79.9 cm³/mol. The van der Waals surface area contributed by atoms with Crippen molar-refractivity contribution in [2.75, 3.05) is 20.1 Å². The molecule has 1 aromatic carbocycles. The lowest BCUT2D eigenvalue weighted by atomic mass is 10.2. The number of rotatable bonds is 5. The molecule has 0 unspecified atom stereocenters. The van der Waals surface area contributed by atoms with Crippen LogP contribution in [0.4, 0.5) is 0 Å². The molecule has 5 heteroatoms. The number of likely N-dealkylation sites (N-methyl/N-ethyl adjacent to an activating group) is 1. The topological polar surface area (TPSA) is 65.4 Å². The molecule has 5 nitrogen and oxygen atoms in total. The summed E-state index contributed by atoms with van der Waals surface area (Å²) < 4.78 is 5.58. The van der Waals surface area contributed by atoms with E-state index in [1.807, 2.05) is 6.07 Å². The first-order valence-electron chi connectivity index (χ1n) is 7.25. The highest BCUT2D eigenvalue weighted by atomic mass is 16.5. The molecular weight excluding hydrogens is 266 g/mol. The molecule has 0 bridgehead atoms. The van der Waals surface area contributed by atoms with Crippen LogP contribution in [0.15, 0.2) is 24.3 Å². The van der Waals surface area contributed by atoms with E-state index in [2.05, 4.69) is 17.3 Å². The van der Waals surface area contributed by atoms with Gasteiger partial charge < -0.3 is 15.0 Å². The maximum absolute atomic E-state index is 12.0. The Kier molecular flexibility index (Phi) is 5.18. The van der Waals surface area contributed by atoms with Gasteiger partial charge in [0.05, 0.1) is 11.6 Å². The molecule has 0 radical (unpaired) electrons. The zero-order valence-corrected chi connectivity index (χ0v) is 12.5. The molecule has 0 spiro atoms. The van der Waals surface area contributed by atoms with Gasteiger partial charge in [0.2, 0.25) is 0 Å². The average molecular weight is 287 g/mol. The van der Waals surface area contributed by atoms with E-state index >= 15 is 0 Å². The summed E-state index contributed by atoms with van der Waals surface area (Å²) in [4.78, 5) is 14.3. The minimum absolute atomic E-state index is 0.111. The van der Waals surface area contributed by atoms with Crippen molar-refractivity contribution in [3.63, 3.8) is 0 Å². The van der Waals surface area contributed by atoms with Gasteiger partial charge in [-0.2, -0.15) is 5.26 Å². The maximum atomic E-state index is 12.0. The lowest BCUT2D eigenvalue weighted by Crippen LogP contribution is -2.43. The number of hydrogen-bond acceptors (Lipinski definition) is 4. The number of benzene rings is 1. The highest BCUT2D eigenvalue weighted by Crippen LogP contribution is 2.15. The fraction of sp³-hybridized carbons (Fsp3) is 0.500. The van der Waals surface area contributed by atoms with Crippen molar-refractivity contribution in [3.8, 4) is 11.8 Å². The number of hydrogen-bond donors (Lipinski definition) is 1. The van der Waals surface area contributed by atoms with Gasteiger partial charge in [0, 0.05) is 12.6 Å². The molecule has 1 aromatic rings. The fourth-order valence-electron chi connectivity index (χ4n) is 2.46. The summed E-state index contributed by atoms with van der Waals surface area (Å²) in [6.45, 7) is 3.49. The third kappa shape index (κ3) is 4.20. The van der Waals surface area contributed by atoms with E-state index in [4.69, 9.17) is 10.00 Å². The third-order valence-electron chi connectivity index (χ3n) is 3.85. The number of nitrogens with zero attached hydrogens (tertiary/aromatic N) is 2. The molecular formula is C16H21N3O2. The van der Waals surface area contributed by atoms with Crippen molar-refractivity contribution in [2.45, 2.75) is 31.9 Å². The average Bonchev–Trinajstić information content (AvgIpc) is 2.90. The molecule has 1 amide bonds. The Hall–Kier alpha value is -2.06. The van der Waals surface area contributed by atoms with Crippen molar-refractivity contribution in [3.05, 3.63) is 29.8 Å². The van der Waals surface area contributed by atoms with Crippen LogP contribution < -0.4 is 10.1 Å². The first-order chi connectivity index (χ1) is 10.1. The van der Waals surface area contributed by atoms with Crippen LogP contribution in [0, 0.1) is 11.3 Å². The summed E-state index contributed by atoms with van der Waals surface area (Å²) in [5.74, 6) is 0.481. The Bertz CT molecular complexity index is 521. The number of amides is 1. The molecule has 21 heavy (non-hydrogen) atoms. The van der Waals surface area contributed by atoms with E-state index < -0.39 is 6.10 Å². The SMILES string of the molecule is C[C@H](Oc1ccc(C#N)cc1)C(=O)NC[C@H]1CCCN1C. The van der Waals surface area contributed by atoms with Gasteiger partial charge in [-0.05, 0) is 57.6 Å². The minimum atomic E-state index is -0.551. The number of carbonyl (C=O) groups excluding carboxylic acids is 1. The van der Waals surface area contributed by atoms with Gasteiger partial charge in [-0.3, -0.25) is 4.79 Å². The van der Waals surface area contributed by atoms with E-state index in [1.165, 1.54) is 6.42 Å². The monoisotopic (exact) mass is 287 g/mol. The van der Waals surface area contributed by atoms with Crippen molar-refractivity contribution in [2.24, 2.45) is 0 Å². The first kappa shape index (κ1) is 15.3. The van der Waals surface area contributed by atoms with Gasteiger partial charge in [0.15, 0.2) is 6.10 Å². The molecule has 1 fully saturated rings. The largest absolute Gasteiger partial charge is 0.481 e. The molecule has 1 N–H and O–H groups in total. The van der Waals surface area contributed by atoms with Crippen LogP contribution in [0.25, 0.3) is 0 Å². The standard InChI is InChI=1S/C16H21N3O2/c1-12(21-15-7-5-13(10-17)6-8-15)16(20)18-11-14-4-3-9-19(14)2/h5-8,12,14H,3-4,9,11H2,1-2H3,(H,18,20)/t12-,14+/m0/s1. The second-order valence-corrected chi connectivity index (χ2v) is 5.42. The lowest BCUT2D eigenvalue weighted by molar-refractivity contribution is -0.127. The summed E-state index contributed by atoms with van der Waals surface area (Å²) in [5, 5.41) is 11.7. The Labute approximate surface area is 125 Å². The van der Waals surface area contributed by atoms with Gasteiger partial charge in [-0.1, -0.05) is 0 Å². The molecule has 0 aliphatic carbocycles. The van der Waals surface area contributed by atoms with E-state index in [0.717, 1.165) is 13.0 Å². The zero-order chi connectivity index (χ0) is 15.2. The number of likely N-dealkylation sites (tertiary alicyclic amines) is 1. The second-order valence-electron chi connectivity index (χ2n) is 5.42. The van der Waals surface area contributed by atoms with Gasteiger partial charge in [-0.15, -0.1) is 0 Å². The first-order valence-corrected chi connectivity index (χ1v) is 7.25. The summed E-state index contributed by atoms with van der Waals surface area (Å²) in [6, 6.07) is 9.22. The molecule has 0 aromatic heterocycles. The highest BCUT2D eigenvalue weighted by molar-refractivity contribution is 5.80. The van der Waals surface area contributed by atoms with Crippen molar-refractivity contribution in [1.82, 2.24) is 10.2 Å². The number of nitriles is 1. The van der Waals surface area contributed by atoms with Crippen LogP contribution >= 0.6 is 0 Å². The summed E-state index contributed by atoms with van der Waals surface area (Å²) in [7, 11) is 2.08. The molecule has 1 aliphatic rings. The fourth-order valence-corrected chi connectivity index (χ4v) is 2.46. The van der Waals surface area contributed by atoms with E-state index in [1.54, 1.807) is 31.2 Å². The van der Waals surface area contributed by atoms with E-state index in [9.17, 15) is 4.79 Å². The molecule has 1 aliphatic heterocycles. The summed E-state index contributed by atoms with van der Waals surface area (Å²) >= 11 is 0. The lowest BCUT2D eigenvalue weighted by Gasteiger charge is -2.21. The number of carbonyl (C=O) groups is 1. The third-order valence-corrected chi connectivity index (χ3v) is 3.85. The molecule has 112 valence electrons. The quantitative estimate of drug-likeness (QED) is 0.892. The zero-order valence-electron chi connectivity index (χ0n) is 12.5. The normalized spacial score (nSPS) is 19.8. The predicted octanol–water partition coefficient (Wildman–Crippen LogP) is 1.54. The smallest absolute Gasteiger partial charge is 0.260 e. The Balaban J connectivity index is 1.80. The van der Waals surface area contributed by atoms with Gasteiger partial charge >= 0.3 is 0 Å². The van der Waals surface area contributed by atoms with Gasteiger partial charge in [-0.25, -0.2) is 0 Å². The van der Waals surface area contributed by atoms with E-state index in [0.29, 0.717) is 23.9 Å². The number of ether oxygens (including phenoxy) is 1. The van der Waals surface area contributed by atoms with Crippen LogP contribution in [0.5, 0.6) is 5.75 Å². The van der Waals surface area contributed by atoms with Crippen LogP contribution in [0.3, 0.4) is 0 Å². The second kappa shape index (κ2) is 7.09. The van der Waals surface area contributed by atoms with Gasteiger partial charge in [0.25, 0.3) is 5.91 Å². The summed E-state index contributed by atoms with van der Waals surface area (Å²) in [5.41, 5.74) is 0.573. The Morgan fingerprint density at radius 3 is 2.81 bits per heavy atom. The van der Waals surface area contributed by atoms with Crippen LogP contribution in [0.1, 0.15) is 25.3 Å². The highest BCUT2D eigenvalue weighted by Gasteiger charge is 2.22. The van der Waals surface area contributed by atoms with E-state index in [-0.39, 0.29) is 5.91 Å². The van der Waals surface area contributed by atoms with Gasteiger partial charge in [0.1, 0.15) is 5.75 Å². The van der Waals surface area contributed by atoms with Crippen LogP contribution in [0.2, 0.25) is 0 Å². The molecule has 0 saturated carbocycles. The molecule has 2 rings (SSSR count). The van der Waals surface area contributed by atoms with Crippen molar-refractivity contribution < 1.29 is 9.53 Å². The van der Waals surface area contributed by atoms with Crippen molar-refractivity contribution >= 4 is 5.91 Å². The minimum Gasteiger partial charge on any atom is -0.481 e. The Morgan fingerprint density at radius 2 is 2.24 bits per heavy atom. The number of nitrogens with one attached hydrogen (secondary N) is 1. The van der Waals surface area contributed by atoms with Crippen molar-refractivity contribution in [1.29, 1.82) is 5.26 Å². The molecule has 1 heterocycles. The molecule has 1 saturated heterocycles. The van der Waals surface area contributed by atoms with Crippen LogP contribution in [-0.2, 0) is 4.79 Å². The Morgan fingerprint density at radius 1 is 1.52 bits per heavy atom. The van der Waals surface area contributed by atoms with Crippen LogP contribution in [-0.4, -0.2) is 43.1 Å². The molecule has 2 atom stereocenters.